The molecule has 2 nitrogen and oxygen atoms in total. The van der Waals surface area contributed by atoms with Crippen LogP contribution in [-0.4, -0.2) is 23.9 Å². The van der Waals surface area contributed by atoms with Gasteiger partial charge in [-0.05, 0) is 31.6 Å². The fourth-order valence-electron chi connectivity index (χ4n) is 3.36. The monoisotopic (exact) mass is 198 g/mol. The van der Waals surface area contributed by atoms with Gasteiger partial charge in [-0.2, -0.15) is 0 Å². The predicted molar refractivity (Wildman–Crippen MR) is 56.2 cm³/mol. The van der Waals surface area contributed by atoms with Crippen molar-refractivity contribution in [1.82, 2.24) is 0 Å². The average Bonchev–Trinajstić information content (AvgIpc) is 2.72. The molecular formula is C12H22O2. The molecule has 2 unspecified atom stereocenters. The summed E-state index contributed by atoms with van der Waals surface area (Å²) in [6.07, 6.45) is 9.49. The SMILES string of the molecule is COC1CCCCC1(O)C1CCCC1. The first-order valence-corrected chi connectivity index (χ1v) is 6.02. The molecule has 2 atom stereocenters. The summed E-state index contributed by atoms with van der Waals surface area (Å²) in [6, 6.07) is 0. The van der Waals surface area contributed by atoms with Gasteiger partial charge >= 0.3 is 0 Å². The summed E-state index contributed by atoms with van der Waals surface area (Å²) in [6.45, 7) is 0. The molecule has 0 saturated heterocycles. The molecule has 2 saturated carbocycles. The van der Waals surface area contributed by atoms with Gasteiger partial charge in [-0.15, -0.1) is 0 Å². The highest BCUT2D eigenvalue weighted by molar-refractivity contribution is 4.97. The Kier molecular flexibility index (Phi) is 3.13. The largest absolute Gasteiger partial charge is 0.387 e. The van der Waals surface area contributed by atoms with Crippen molar-refractivity contribution < 1.29 is 9.84 Å². The first-order chi connectivity index (χ1) is 6.77. The van der Waals surface area contributed by atoms with E-state index in [1.165, 1.54) is 38.5 Å². The molecule has 82 valence electrons. The summed E-state index contributed by atoms with van der Waals surface area (Å²) in [4.78, 5) is 0. The van der Waals surface area contributed by atoms with Crippen molar-refractivity contribution in [3.05, 3.63) is 0 Å². The maximum absolute atomic E-state index is 10.7. The van der Waals surface area contributed by atoms with Crippen LogP contribution in [-0.2, 0) is 4.74 Å². The Morgan fingerprint density at radius 2 is 1.71 bits per heavy atom. The summed E-state index contributed by atoms with van der Waals surface area (Å²) in [5.74, 6) is 0.507. The van der Waals surface area contributed by atoms with Gasteiger partial charge in [-0.3, -0.25) is 0 Å². The lowest BCUT2D eigenvalue weighted by Gasteiger charge is -2.43. The third kappa shape index (κ3) is 1.70. The molecule has 0 bridgehead atoms. The molecular weight excluding hydrogens is 176 g/mol. The van der Waals surface area contributed by atoms with Crippen molar-refractivity contribution in [3.8, 4) is 0 Å². The van der Waals surface area contributed by atoms with Crippen molar-refractivity contribution in [2.45, 2.75) is 63.1 Å². The molecule has 0 heterocycles. The van der Waals surface area contributed by atoms with E-state index in [0.29, 0.717) is 5.92 Å². The van der Waals surface area contributed by atoms with E-state index in [9.17, 15) is 5.11 Å². The fraction of sp³-hybridized carbons (Fsp3) is 1.00. The maximum Gasteiger partial charge on any atom is 0.0935 e. The number of ether oxygens (including phenoxy) is 1. The lowest BCUT2D eigenvalue weighted by Crippen LogP contribution is -2.50. The smallest absolute Gasteiger partial charge is 0.0935 e. The van der Waals surface area contributed by atoms with E-state index >= 15 is 0 Å². The van der Waals surface area contributed by atoms with Gasteiger partial charge in [0.25, 0.3) is 0 Å². The average molecular weight is 198 g/mol. The van der Waals surface area contributed by atoms with Crippen LogP contribution in [0.1, 0.15) is 51.4 Å². The lowest BCUT2D eigenvalue weighted by molar-refractivity contribution is -0.148. The number of hydrogen-bond acceptors (Lipinski definition) is 2. The zero-order valence-corrected chi connectivity index (χ0v) is 9.17. The third-order valence-electron chi connectivity index (χ3n) is 4.20. The van der Waals surface area contributed by atoms with Crippen molar-refractivity contribution in [1.29, 1.82) is 0 Å². The minimum Gasteiger partial charge on any atom is -0.387 e. The zero-order chi connectivity index (χ0) is 10.0. The van der Waals surface area contributed by atoms with Gasteiger partial charge in [0.05, 0.1) is 11.7 Å². The van der Waals surface area contributed by atoms with Crippen LogP contribution in [0.15, 0.2) is 0 Å². The molecule has 2 rings (SSSR count). The van der Waals surface area contributed by atoms with E-state index in [0.717, 1.165) is 12.8 Å². The van der Waals surface area contributed by atoms with Gasteiger partial charge in [-0.25, -0.2) is 0 Å². The molecule has 2 aliphatic carbocycles. The molecule has 2 fully saturated rings. The molecule has 0 aromatic heterocycles. The molecule has 2 aliphatic rings. The summed E-state index contributed by atoms with van der Waals surface area (Å²) in [5.41, 5.74) is -0.497. The number of hydrogen-bond donors (Lipinski definition) is 1. The van der Waals surface area contributed by atoms with E-state index < -0.39 is 5.60 Å². The molecule has 0 aliphatic heterocycles. The Hall–Kier alpha value is -0.0800. The molecule has 0 aromatic carbocycles. The number of rotatable bonds is 2. The summed E-state index contributed by atoms with van der Waals surface area (Å²) >= 11 is 0. The fourth-order valence-corrected chi connectivity index (χ4v) is 3.36. The summed E-state index contributed by atoms with van der Waals surface area (Å²) in [7, 11) is 1.75. The molecule has 1 N–H and O–H groups in total. The normalized spacial score (nSPS) is 40.3. The Morgan fingerprint density at radius 1 is 1.07 bits per heavy atom. The molecule has 2 heteroatoms. The minimum absolute atomic E-state index is 0.0966. The minimum atomic E-state index is -0.497. The summed E-state index contributed by atoms with van der Waals surface area (Å²) < 4.78 is 5.47. The Morgan fingerprint density at radius 3 is 2.36 bits per heavy atom. The molecule has 0 aromatic rings. The molecule has 0 spiro atoms. The second-order valence-corrected chi connectivity index (χ2v) is 4.94. The highest BCUT2D eigenvalue weighted by Gasteiger charge is 2.46. The van der Waals surface area contributed by atoms with Crippen LogP contribution in [0.2, 0.25) is 0 Å². The van der Waals surface area contributed by atoms with Crippen LogP contribution in [0.3, 0.4) is 0 Å². The third-order valence-corrected chi connectivity index (χ3v) is 4.20. The lowest BCUT2D eigenvalue weighted by atomic mass is 9.73. The topological polar surface area (TPSA) is 29.5 Å². The van der Waals surface area contributed by atoms with E-state index in [1.54, 1.807) is 7.11 Å². The molecule has 0 amide bonds. The second kappa shape index (κ2) is 4.19. The highest BCUT2D eigenvalue weighted by Crippen LogP contribution is 2.43. The predicted octanol–water partition coefficient (Wildman–Crippen LogP) is 2.50. The van der Waals surface area contributed by atoms with E-state index in [-0.39, 0.29) is 6.10 Å². The van der Waals surface area contributed by atoms with Crippen LogP contribution < -0.4 is 0 Å². The zero-order valence-electron chi connectivity index (χ0n) is 9.17. The van der Waals surface area contributed by atoms with Gasteiger partial charge in [0.1, 0.15) is 0 Å². The van der Waals surface area contributed by atoms with Gasteiger partial charge in [0.2, 0.25) is 0 Å². The van der Waals surface area contributed by atoms with Crippen LogP contribution in [0.4, 0.5) is 0 Å². The number of methoxy groups -OCH3 is 1. The van der Waals surface area contributed by atoms with Crippen molar-refractivity contribution in [2.75, 3.05) is 7.11 Å². The van der Waals surface area contributed by atoms with Crippen LogP contribution in [0.25, 0.3) is 0 Å². The first kappa shape index (κ1) is 10.4. The molecule has 14 heavy (non-hydrogen) atoms. The standard InChI is InChI=1S/C12H22O2/c1-14-11-8-4-5-9-12(11,13)10-6-2-3-7-10/h10-11,13H,2-9H2,1H3. The van der Waals surface area contributed by atoms with Crippen molar-refractivity contribution in [3.63, 3.8) is 0 Å². The van der Waals surface area contributed by atoms with E-state index in [4.69, 9.17) is 4.74 Å². The highest BCUT2D eigenvalue weighted by atomic mass is 16.5. The van der Waals surface area contributed by atoms with Crippen LogP contribution >= 0.6 is 0 Å². The van der Waals surface area contributed by atoms with Gasteiger partial charge in [0.15, 0.2) is 0 Å². The Labute approximate surface area is 86.6 Å². The van der Waals surface area contributed by atoms with Crippen LogP contribution in [0.5, 0.6) is 0 Å². The van der Waals surface area contributed by atoms with Gasteiger partial charge in [0, 0.05) is 7.11 Å². The maximum atomic E-state index is 10.7. The molecule has 0 radical (unpaired) electrons. The van der Waals surface area contributed by atoms with Gasteiger partial charge < -0.3 is 9.84 Å². The van der Waals surface area contributed by atoms with E-state index in [2.05, 4.69) is 0 Å². The Balaban J connectivity index is 2.08. The summed E-state index contributed by atoms with van der Waals surface area (Å²) in [5, 5.41) is 10.7. The van der Waals surface area contributed by atoms with E-state index in [1.807, 2.05) is 0 Å². The Bertz CT molecular complexity index is 183. The number of aliphatic hydroxyl groups is 1. The van der Waals surface area contributed by atoms with Gasteiger partial charge in [-0.1, -0.05) is 25.7 Å². The van der Waals surface area contributed by atoms with Crippen molar-refractivity contribution >= 4 is 0 Å². The van der Waals surface area contributed by atoms with Crippen LogP contribution in [0, 0.1) is 5.92 Å². The first-order valence-electron chi connectivity index (χ1n) is 6.02. The quantitative estimate of drug-likeness (QED) is 0.738. The van der Waals surface area contributed by atoms with Crippen molar-refractivity contribution in [2.24, 2.45) is 5.92 Å². The second-order valence-electron chi connectivity index (χ2n) is 4.94.